The van der Waals surface area contributed by atoms with Gasteiger partial charge < -0.3 is 10.2 Å². The van der Waals surface area contributed by atoms with E-state index in [-0.39, 0.29) is 17.8 Å². The largest absolute Gasteiger partial charge is 0.377 e. The van der Waals surface area contributed by atoms with Crippen LogP contribution in [0.5, 0.6) is 0 Å². The maximum Gasteiger partial charge on any atom is 0.219 e. The van der Waals surface area contributed by atoms with Gasteiger partial charge >= 0.3 is 0 Å². The minimum atomic E-state index is -0.307. The van der Waals surface area contributed by atoms with Crippen LogP contribution in [0.15, 0.2) is 36.5 Å². The first-order valence-electron chi connectivity index (χ1n) is 7.73. The van der Waals surface area contributed by atoms with E-state index < -0.39 is 0 Å². The van der Waals surface area contributed by atoms with Gasteiger partial charge in [-0.25, -0.2) is 9.37 Å². The van der Waals surface area contributed by atoms with Crippen LogP contribution in [0.4, 0.5) is 10.1 Å². The van der Waals surface area contributed by atoms with Gasteiger partial charge in [0.25, 0.3) is 0 Å². The summed E-state index contributed by atoms with van der Waals surface area (Å²) >= 11 is 0. The average molecular weight is 324 g/mol. The van der Waals surface area contributed by atoms with Crippen molar-refractivity contribution in [2.24, 2.45) is 0 Å². The first kappa shape index (κ1) is 15.9. The van der Waals surface area contributed by atoms with Crippen molar-refractivity contribution < 1.29 is 9.18 Å². The second-order valence-electron chi connectivity index (χ2n) is 5.81. The number of carbonyl (C=O) groups excluding carboxylic acids is 1. The number of halogens is 1. The van der Waals surface area contributed by atoms with E-state index in [1.54, 1.807) is 29.3 Å². The van der Waals surface area contributed by atoms with Crippen LogP contribution in [-0.2, 0) is 11.3 Å². The van der Waals surface area contributed by atoms with E-state index in [0.29, 0.717) is 25.2 Å². The van der Waals surface area contributed by atoms with Gasteiger partial charge in [-0.15, -0.1) is 0 Å². The van der Waals surface area contributed by atoms with Crippen molar-refractivity contribution in [1.29, 1.82) is 5.26 Å². The zero-order valence-corrected chi connectivity index (χ0v) is 13.3. The summed E-state index contributed by atoms with van der Waals surface area (Å²) in [5.41, 5.74) is 2.92. The van der Waals surface area contributed by atoms with Crippen LogP contribution < -0.4 is 5.32 Å². The predicted molar refractivity (Wildman–Crippen MR) is 87.4 cm³/mol. The lowest BCUT2D eigenvalue weighted by molar-refractivity contribution is -0.129. The molecule has 1 N–H and O–H groups in total. The van der Waals surface area contributed by atoms with Crippen molar-refractivity contribution in [3.8, 4) is 6.07 Å². The fraction of sp³-hybridized carbons (Fsp3) is 0.278. The van der Waals surface area contributed by atoms with Gasteiger partial charge in [0.05, 0.1) is 17.9 Å². The topological polar surface area (TPSA) is 69.0 Å². The molecule has 1 aromatic heterocycles. The number of benzene rings is 1. The van der Waals surface area contributed by atoms with Gasteiger partial charge in [0, 0.05) is 20.0 Å². The number of nitriles is 1. The molecular weight excluding hydrogens is 307 g/mol. The van der Waals surface area contributed by atoms with Gasteiger partial charge in [0.15, 0.2) is 0 Å². The molecule has 0 saturated carbocycles. The Kier molecular flexibility index (Phi) is 4.43. The van der Waals surface area contributed by atoms with E-state index in [2.05, 4.69) is 10.3 Å². The lowest BCUT2D eigenvalue weighted by Crippen LogP contribution is -2.28. The zero-order valence-electron chi connectivity index (χ0n) is 13.3. The molecule has 0 radical (unpaired) electrons. The summed E-state index contributed by atoms with van der Waals surface area (Å²) in [6, 6.07) is 10.1. The molecule has 1 amide bonds. The van der Waals surface area contributed by atoms with Gasteiger partial charge in [0.1, 0.15) is 17.6 Å². The van der Waals surface area contributed by atoms with Crippen molar-refractivity contribution in [2.75, 3.05) is 11.9 Å². The number of nitrogens with zero attached hydrogens (tertiary/aromatic N) is 3. The Labute approximate surface area is 139 Å². The molecule has 5 nitrogen and oxygen atoms in total. The first-order valence-corrected chi connectivity index (χ1v) is 7.73. The number of anilines is 1. The molecule has 122 valence electrons. The van der Waals surface area contributed by atoms with Crippen LogP contribution in [0.1, 0.15) is 36.2 Å². The van der Waals surface area contributed by atoms with Crippen LogP contribution in [0.25, 0.3) is 0 Å². The number of rotatable bonds is 2. The quantitative estimate of drug-likeness (QED) is 0.922. The van der Waals surface area contributed by atoms with E-state index in [0.717, 1.165) is 16.8 Å². The second-order valence-corrected chi connectivity index (χ2v) is 5.81. The molecular formula is C18H17FN4O. The Morgan fingerprint density at radius 2 is 2.25 bits per heavy atom. The van der Waals surface area contributed by atoms with E-state index >= 15 is 0 Å². The molecule has 0 unspecified atom stereocenters. The average Bonchev–Trinajstić information content (AvgIpc) is 2.75. The standard InChI is InChI=1S/C18H17FN4O/c1-12(24)23-7-6-18(17-5-2-14(19)8-13(17)11-23)22-16-4-3-15(9-20)21-10-16/h2-5,8,10,18,22H,6-7,11H2,1H3/t18-/m0/s1. The minimum absolute atomic E-state index is 0.0223. The van der Waals surface area contributed by atoms with Crippen LogP contribution in [0.3, 0.4) is 0 Å². The van der Waals surface area contributed by atoms with Gasteiger partial charge in [-0.1, -0.05) is 6.07 Å². The Morgan fingerprint density at radius 3 is 2.92 bits per heavy atom. The summed E-state index contributed by atoms with van der Waals surface area (Å²) in [6.45, 7) is 2.52. The van der Waals surface area contributed by atoms with Crippen LogP contribution in [0, 0.1) is 17.1 Å². The predicted octanol–water partition coefficient (Wildman–Crippen LogP) is 3.00. The monoisotopic (exact) mass is 324 g/mol. The smallest absolute Gasteiger partial charge is 0.219 e. The molecule has 1 aliphatic rings. The molecule has 0 aliphatic carbocycles. The summed E-state index contributed by atoms with van der Waals surface area (Å²) < 4.78 is 13.6. The summed E-state index contributed by atoms with van der Waals surface area (Å²) in [6.07, 6.45) is 2.31. The third-order valence-electron chi connectivity index (χ3n) is 4.19. The molecule has 0 bridgehead atoms. The normalized spacial score (nSPS) is 16.7. The Morgan fingerprint density at radius 1 is 1.42 bits per heavy atom. The molecule has 1 atom stereocenters. The molecule has 24 heavy (non-hydrogen) atoms. The molecule has 0 spiro atoms. The van der Waals surface area contributed by atoms with Crippen molar-refractivity contribution >= 4 is 11.6 Å². The van der Waals surface area contributed by atoms with Crippen molar-refractivity contribution in [1.82, 2.24) is 9.88 Å². The Balaban J connectivity index is 1.90. The van der Waals surface area contributed by atoms with E-state index in [1.807, 2.05) is 6.07 Å². The van der Waals surface area contributed by atoms with Crippen molar-refractivity contribution in [3.05, 3.63) is 59.2 Å². The van der Waals surface area contributed by atoms with E-state index in [9.17, 15) is 9.18 Å². The number of nitrogens with one attached hydrogen (secondary N) is 1. The Hall–Kier alpha value is -2.94. The molecule has 2 aromatic rings. The van der Waals surface area contributed by atoms with Crippen LogP contribution >= 0.6 is 0 Å². The highest BCUT2D eigenvalue weighted by atomic mass is 19.1. The number of fused-ring (bicyclic) bond motifs is 1. The third-order valence-corrected chi connectivity index (χ3v) is 4.19. The first-order chi connectivity index (χ1) is 11.6. The third kappa shape index (κ3) is 3.35. The SMILES string of the molecule is CC(=O)N1CC[C@H](Nc2ccc(C#N)nc2)c2ccc(F)cc2C1. The summed E-state index contributed by atoms with van der Waals surface area (Å²) in [4.78, 5) is 17.5. The second kappa shape index (κ2) is 6.67. The Bertz CT molecular complexity index is 798. The van der Waals surface area contributed by atoms with Gasteiger partial charge in [0.2, 0.25) is 5.91 Å². The lowest BCUT2D eigenvalue weighted by Gasteiger charge is -2.20. The van der Waals surface area contributed by atoms with E-state index in [4.69, 9.17) is 5.26 Å². The van der Waals surface area contributed by atoms with Gasteiger partial charge in [-0.05, 0) is 41.8 Å². The minimum Gasteiger partial charge on any atom is -0.377 e. The molecule has 2 heterocycles. The summed E-state index contributed by atoms with van der Waals surface area (Å²) in [7, 11) is 0. The molecule has 1 aliphatic heterocycles. The molecule has 3 rings (SSSR count). The van der Waals surface area contributed by atoms with Crippen LogP contribution in [-0.4, -0.2) is 22.3 Å². The number of hydrogen-bond acceptors (Lipinski definition) is 4. The molecule has 6 heteroatoms. The number of amides is 1. The molecule has 1 aromatic carbocycles. The van der Waals surface area contributed by atoms with Crippen molar-refractivity contribution in [3.63, 3.8) is 0 Å². The van der Waals surface area contributed by atoms with Crippen molar-refractivity contribution in [2.45, 2.75) is 25.9 Å². The van der Waals surface area contributed by atoms with Crippen LogP contribution in [0.2, 0.25) is 0 Å². The maximum absolute atomic E-state index is 13.6. The highest BCUT2D eigenvalue weighted by molar-refractivity contribution is 5.73. The number of hydrogen-bond donors (Lipinski definition) is 1. The zero-order chi connectivity index (χ0) is 17.1. The summed E-state index contributed by atoms with van der Waals surface area (Å²) in [5.74, 6) is -0.330. The highest BCUT2D eigenvalue weighted by Crippen LogP contribution is 2.30. The number of carbonyl (C=O) groups is 1. The highest BCUT2D eigenvalue weighted by Gasteiger charge is 2.24. The van der Waals surface area contributed by atoms with Gasteiger partial charge in [-0.2, -0.15) is 5.26 Å². The number of pyridine rings is 1. The summed E-state index contributed by atoms with van der Waals surface area (Å²) in [5, 5.41) is 12.2. The lowest BCUT2D eigenvalue weighted by atomic mass is 9.99. The number of aromatic nitrogens is 1. The van der Waals surface area contributed by atoms with Gasteiger partial charge in [-0.3, -0.25) is 4.79 Å². The maximum atomic E-state index is 13.6. The fourth-order valence-corrected chi connectivity index (χ4v) is 2.94. The fourth-order valence-electron chi connectivity index (χ4n) is 2.94. The van der Waals surface area contributed by atoms with E-state index in [1.165, 1.54) is 19.1 Å². The molecule has 0 saturated heterocycles. The molecule has 0 fully saturated rings.